The van der Waals surface area contributed by atoms with E-state index < -0.39 is 23.6 Å². The van der Waals surface area contributed by atoms with Crippen LogP contribution in [0.5, 0.6) is 0 Å². The van der Waals surface area contributed by atoms with Crippen LogP contribution in [0.4, 0.5) is 13.2 Å². The number of benzene rings is 1. The van der Waals surface area contributed by atoms with Gasteiger partial charge in [-0.2, -0.15) is 13.2 Å². The Bertz CT molecular complexity index is 517. The van der Waals surface area contributed by atoms with Gasteiger partial charge < -0.3 is 10.6 Å². The first-order valence-corrected chi connectivity index (χ1v) is 5.82. The lowest BCUT2D eigenvalue weighted by molar-refractivity contribution is -0.137. The fourth-order valence-electron chi connectivity index (χ4n) is 1.38. The van der Waals surface area contributed by atoms with E-state index in [1.807, 2.05) is 0 Å². The van der Waals surface area contributed by atoms with Gasteiger partial charge in [0.1, 0.15) is 0 Å². The second kappa shape index (κ2) is 5.60. The lowest BCUT2D eigenvalue weighted by atomic mass is 10.1. The summed E-state index contributed by atoms with van der Waals surface area (Å²) in [6.45, 7) is -0.373. The number of carbonyl (C=O) groups excluding carboxylic acids is 2. The Labute approximate surface area is 115 Å². The van der Waals surface area contributed by atoms with Crippen molar-refractivity contribution in [1.82, 2.24) is 4.90 Å². The molecule has 1 rings (SSSR count). The van der Waals surface area contributed by atoms with Gasteiger partial charge in [-0.1, -0.05) is 0 Å². The number of rotatable bonds is 3. The smallest absolute Gasteiger partial charge is 0.368 e. The van der Waals surface area contributed by atoms with E-state index >= 15 is 0 Å². The Kier molecular flexibility index (Phi) is 4.56. The minimum atomic E-state index is -4.54. The lowest BCUT2D eigenvalue weighted by Crippen LogP contribution is -2.35. The molecule has 2 N–H and O–H groups in total. The zero-order valence-corrected chi connectivity index (χ0v) is 11.4. The van der Waals surface area contributed by atoms with Crippen molar-refractivity contribution in [2.45, 2.75) is 6.18 Å². The van der Waals surface area contributed by atoms with Crippen molar-refractivity contribution in [2.24, 2.45) is 5.73 Å². The summed E-state index contributed by atoms with van der Waals surface area (Å²) in [5.41, 5.74) is 3.80. The molecule has 0 spiro atoms. The Morgan fingerprint density at radius 2 is 1.95 bits per heavy atom. The van der Waals surface area contributed by atoms with Crippen LogP contribution in [-0.4, -0.2) is 30.3 Å². The van der Waals surface area contributed by atoms with Crippen LogP contribution in [0, 0.1) is 0 Å². The third-order valence-electron chi connectivity index (χ3n) is 2.26. The van der Waals surface area contributed by atoms with Crippen LogP contribution in [-0.2, 0) is 11.0 Å². The zero-order chi connectivity index (χ0) is 14.8. The molecule has 1 aromatic rings. The van der Waals surface area contributed by atoms with Gasteiger partial charge in [0, 0.05) is 11.5 Å². The van der Waals surface area contributed by atoms with Crippen molar-refractivity contribution in [3.63, 3.8) is 0 Å². The summed E-state index contributed by atoms with van der Waals surface area (Å²) in [5, 5.41) is 0. The quantitative estimate of drug-likeness (QED) is 0.916. The van der Waals surface area contributed by atoms with Crippen LogP contribution >= 0.6 is 15.9 Å². The van der Waals surface area contributed by atoms with Gasteiger partial charge in [0.25, 0.3) is 5.91 Å². The number of alkyl halides is 3. The normalized spacial score (nSPS) is 11.2. The Morgan fingerprint density at radius 3 is 2.42 bits per heavy atom. The molecule has 104 valence electrons. The first-order chi connectivity index (χ1) is 8.62. The average Bonchev–Trinajstić information content (AvgIpc) is 2.26. The Morgan fingerprint density at radius 1 is 1.37 bits per heavy atom. The maximum atomic E-state index is 12.6. The molecule has 4 nitrogen and oxygen atoms in total. The fourth-order valence-corrected chi connectivity index (χ4v) is 1.79. The first-order valence-electron chi connectivity index (χ1n) is 5.03. The molecule has 0 radical (unpaired) electrons. The van der Waals surface area contributed by atoms with Crippen LogP contribution in [0.2, 0.25) is 0 Å². The number of likely N-dealkylation sites (N-methyl/N-ethyl adjacent to an activating group) is 1. The molecule has 2 amide bonds. The van der Waals surface area contributed by atoms with E-state index in [0.29, 0.717) is 0 Å². The molecular formula is C11H10BrF3N2O2. The molecule has 0 atom stereocenters. The molecule has 8 heteroatoms. The van der Waals surface area contributed by atoms with Crippen LogP contribution in [0.15, 0.2) is 22.7 Å². The van der Waals surface area contributed by atoms with Gasteiger partial charge in [-0.15, -0.1) is 0 Å². The van der Waals surface area contributed by atoms with E-state index in [1.165, 1.54) is 7.05 Å². The highest BCUT2D eigenvalue weighted by molar-refractivity contribution is 9.10. The second-order valence-corrected chi connectivity index (χ2v) is 4.67. The summed E-state index contributed by atoms with van der Waals surface area (Å²) in [5.74, 6) is -1.48. The van der Waals surface area contributed by atoms with Crippen LogP contribution in [0.1, 0.15) is 15.9 Å². The topological polar surface area (TPSA) is 63.4 Å². The lowest BCUT2D eigenvalue weighted by Gasteiger charge is -2.17. The van der Waals surface area contributed by atoms with Crippen molar-refractivity contribution >= 4 is 27.7 Å². The highest BCUT2D eigenvalue weighted by Gasteiger charge is 2.32. The van der Waals surface area contributed by atoms with Crippen molar-refractivity contribution in [3.05, 3.63) is 33.8 Å². The fraction of sp³-hybridized carbons (Fsp3) is 0.273. The molecule has 0 saturated carbocycles. The van der Waals surface area contributed by atoms with Gasteiger partial charge in [0.15, 0.2) is 0 Å². The van der Waals surface area contributed by atoms with Crippen molar-refractivity contribution in [1.29, 1.82) is 0 Å². The molecule has 19 heavy (non-hydrogen) atoms. The molecule has 0 aliphatic carbocycles. The van der Waals surface area contributed by atoms with Gasteiger partial charge in [-0.05, 0) is 34.1 Å². The predicted octanol–water partition coefficient (Wildman–Crippen LogP) is 2.03. The zero-order valence-electron chi connectivity index (χ0n) is 9.79. The highest BCUT2D eigenvalue weighted by Crippen LogP contribution is 2.32. The average molecular weight is 339 g/mol. The van der Waals surface area contributed by atoms with E-state index in [9.17, 15) is 22.8 Å². The number of hydrogen-bond acceptors (Lipinski definition) is 2. The van der Waals surface area contributed by atoms with Crippen molar-refractivity contribution in [2.75, 3.05) is 13.6 Å². The summed E-state index contributed by atoms with van der Waals surface area (Å²) >= 11 is 3.00. The van der Waals surface area contributed by atoms with Gasteiger partial charge in [-0.25, -0.2) is 0 Å². The molecule has 0 aliphatic rings. The standard InChI is InChI=1S/C11H10BrF3N2O2/c1-17(5-9(16)18)10(19)7-4-6(11(13,14)15)2-3-8(7)12/h2-4H,5H2,1H3,(H2,16,18). The molecule has 0 bridgehead atoms. The van der Waals surface area contributed by atoms with Gasteiger partial charge in [0.05, 0.1) is 17.7 Å². The number of amides is 2. The molecule has 0 aliphatic heterocycles. The second-order valence-electron chi connectivity index (χ2n) is 3.82. The monoisotopic (exact) mass is 338 g/mol. The molecule has 0 heterocycles. The number of carbonyl (C=O) groups is 2. The number of hydrogen-bond donors (Lipinski definition) is 1. The third-order valence-corrected chi connectivity index (χ3v) is 2.96. The summed E-state index contributed by atoms with van der Waals surface area (Å²) < 4.78 is 37.9. The van der Waals surface area contributed by atoms with Crippen molar-refractivity contribution < 1.29 is 22.8 Å². The summed E-state index contributed by atoms with van der Waals surface area (Å²) in [4.78, 5) is 23.5. The van der Waals surface area contributed by atoms with E-state index in [2.05, 4.69) is 15.9 Å². The summed E-state index contributed by atoms with van der Waals surface area (Å²) in [7, 11) is 1.28. The van der Waals surface area contributed by atoms with E-state index in [4.69, 9.17) is 5.73 Å². The van der Waals surface area contributed by atoms with E-state index in [1.54, 1.807) is 0 Å². The van der Waals surface area contributed by atoms with Gasteiger partial charge >= 0.3 is 6.18 Å². The number of primary amides is 1. The number of halogens is 4. The predicted molar refractivity (Wildman–Crippen MR) is 65.3 cm³/mol. The molecular weight excluding hydrogens is 329 g/mol. The van der Waals surface area contributed by atoms with Gasteiger partial charge in [0.2, 0.25) is 5.91 Å². The largest absolute Gasteiger partial charge is 0.416 e. The van der Waals surface area contributed by atoms with E-state index in [0.717, 1.165) is 23.1 Å². The molecule has 0 aromatic heterocycles. The number of nitrogens with zero attached hydrogens (tertiary/aromatic N) is 1. The maximum absolute atomic E-state index is 12.6. The highest BCUT2D eigenvalue weighted by atomic mass is 79.9. The Balaban J connectivity index is 3.12. The minimum Gasteiger partial charge on any atom is -0.368 e. The molecule has 0 fully saturated rings. The molecule has 1 aromatic carbocycles. The maximum Gasteiger partial charge on any atom is 0.416 e. The van der Waals surface area contributed by atoms with Crippen LogP contribution in [0.3, 0.4) is 0 Å². The van der Waals surface area contributed by atoms with Crippen LogP contribution < -0.4 is 5.73 Å². The van der Waals surface area contributed by atoms with Gasteiger partial charge in [-0.3, -0.25) is 9.59 Å². The summed E-state index contributed by atoms with van der Waals surface area (Å²) in [6.07, 6.45) is -4.54. The third kappa shape index (κ3) is 3.95. The summed E-state index contributed by atoms with van der Waals surface area (Å²) in [6, 6.07) is 2.72. The molecule has 0 unspecified atom stereocenters. The Hall–Kier alpha value is -1.57. The number of nitrogens with two attached hydrogens (primary N) is 1. The SMILES string of the molecule is CN(CC(N)=O)C(=O)c1cc(C(F)(F)F)ccc1Br. The molecule has 0 saturated heterocycles. The van der Waals surface area contributed by atoms with Crippen molar-refractivity contribution in [3.8, 4) is 0 Å². The van der Waals surface area contributed by atoms with Crippen LogP contribution in [0.25, 0.3) is 0 Å². The van der Waals surface area contributed by atoms with E-state index in [-0.39, 0.29) is 16.6 Å². The minimum absolute atomic E-state index is 0.182. The first kappa shape index (κ1) is 15.5.